The Morgan fingerprint density at radius 3 is 1.95 bits per heavy atom. The number of hydrazine groups is 1. The van der Waals surface area contributed by atoms with Crippen molar-refractivity contribution in [2.45, 2.75) is 90.0 Å². The van der Waals surface area contributed by atoms with Crippen LogP contribution in [0.1, 0.15) is 76.7 Å². The first kappa shape index (κ1) is 32.8. The SMILES string of the molecule is CC(C)[Si](OC1CCN(N2CC[C@@H](Cc3c(Cl)cc(Oc4ccc(C(N)=O)cc4)cc3Cl)C2=O)CC1)(C(C)C)C(C)C. The highest BCUT2D eigenvalue weighted by Gasteiger charge is 2.47. The number of hydrogen-bond acceptors (Lipinski definition) is 5. The number of primary amides is 1. The van der Waals surface area contributed by atoms with Crippen LogP contribution in [0.4, 0.5) is 0 Å². The molecule has 42 heavy (non-hydrogen) atoms. The molecule has 0 radical (unpaired) electrons. The summed E-state index contributed by atoms with van der Waals surface area (Å²) in [5.41, 5.74) is 8.13. The zero-order chi connectivity index (χ0) is 30.8. The summed E-state index contributed by atoms with van der Waals surface area (Å²) in [6.45, 7) is 16.3. The largest absolute Gasteiger partial charge is 0.457 e. The van der Waals surface area contributed by atoms with Crippen LogP contribution in [0.25, 0.3) is 0 Å². The van der Waals surface area contributed by atoms with Crippen molar-refractivity contribution < 1.29 is 18.8 Å². The maximum Gasteiger partial charge on any atom is 0.248 e. The zero-order valence-corrected chi connectivity index (χ0v) is 28.2. The van der Waals surface area contributed by atoms with Gasteiger partial charge in [0.15, 0.2) is 0 Å². The van der Waals surface area contributed by atoms with E-state index in [1.165, 1.54) is 0 Å². The van der Waals surface area contributed by atoms with Crippen molar-refractivity contribution in [1.29, 1.82) is 0 Å². The summed E-state index contributed by atoms with van der Waals surface area (Å²) < 4.78 is 12.9. The number of halogens is 2. The Morgan fingerprint density at radius 1 is 0.905 bits per heavy atom. The van der Waals surface area contributed by atoms with Gasteiger partial charge in [0, 0.05) is 47.3 Å². The van der Waals surface area contributed by atoms with Gasteiger partial charge in [-0.25, -0.2) is 5.01 Å². The predicted molar refractivity (Wildman–Crippen MR) is 172 cm³/mol. The predicted octanol–water partition coefficient (Wildman–Crippen LogP) is 7.85. The van der Waals surface area contributed by atoms with E-state index in [0.717, 1.165) is 37.9 Å². The quantitative estimate of drug-likeness (QED) is 0.255. The zero-order valence-electron chi connectivity index (χ0n) is 25.7. The number of amides is 2. The van der Waals surface area contributed by atoms with Crippen LogP contribution in [-0.2, 0) is 15.6 Å². The molecule has 230 valence electrons. The number of nitrogens with two attached hydrogens (primary N) is 1. The normalized spacial score (nSPS) is 19.0. The molecule has 1 atom stereocenters. The van der Waals surface area contributed by atoms with E-state index in [4.69, 9.17) is 38.1 Å². The summed E-state index contributed by atoms with van der Waals surface area (Å²) in [6.07, 6.45) is 3.38. The fourth-order valence-electron chi connectivity index (χ4n) is 6.99. The Bertz CT molecular complexity index is 1220. The minimum atomic E-state index is -1.93. The topological polar surface area (TPSA) is 85.1 Å². The number of benzene rings is 2. The summed E-state index contributed by atoms with van der Waals surface area (Å²) in [5, 5.41) is 5.08. The first-order valence-electron chi connectivity index (χ1n) is 15.1. The van der Waals surface area contributed by atoms with Gasteiger partial charge in [0.25, 0.3) is 0 Å². The molecular formula is C32H45Cl2N3O4Si. The molecule has 4 rings (SSSR count). The summed E-state index contributed by atoms with van der Waals surface area (Å²) in [4.78, 5) is 24.8. The van der Waals surface area contributed by atoms with Gasteiger partial charge in [-0.3, -0.25) is 14.6 Å². The first-order chi connectivity index (χ1) is 19.8. The fourth-order valence-corrected chi connectivity index (χ4v) is 13.2. The summed E-state index contributed by atoms with van der Waals surface area (Å²) in [6, 6.07) is 9.94. The van der Waals surface area contributed by atoms with Crippen LogP contribution >= 0.6 is 23.2 Å². The third-order valence-corrected chi connectivity index (χ3v) is 15.9. The van der Waals surface area contributed by atoms with E-state index >= 15 is 0 Å². The van der Waals surface area contributed by atoms with Gasteiger partial charge in [-0.15, -0.1) is 0 Å². The maximum atomic E-state index is 13.5. The van der Waals surface area contributed by atoms with Crippen molar-refractivity contribution in [3.8, 4) is 11.5 Å². The average molecular weight is 635 g/mol. The number of ether oxygens (including phenoxy) is 1. The molecule has 2 fully saturated rings. The van der Waals surface area contributed by atoms with E-state index in [1.54, 1.807) is 36.4 Å². The van der Waals surface area contributed by atoms with Crippen LogP contribution in [0.15, 0.2) is 36.4 Å². The monoisotopic (exact) mass is 633 g/mol. The second-order valence-corrected chi connectivity index (χ2v) is 18.8. The van der Waals surface area contributed by atoms with Gasteiger partial charge < -0.3 is 14.9 Å². The standard InChI is InChI=1S/C32H45Cl2N3O4Si/c1-20(2)42(21(3)4,22(5)6)41-26-12-14-36(15-13-26)37-16-11-24(32(37)39)17-28-29(33)18-27(19-30(28)34)40-25-9-7-23(8-10-25)31(35)38/h7-10,18-22,24,26H,11-17H2,1-6H3,(H2,35,38)/t24-/m0/s1. The van der Waals surface area contributed by atoms with Crippen LogP contribution in [0.5, 0.6) is 11.5 Å². The van der Waals surface area contributed by atoms with Gasteiger partial charge in [-0.1, -0.05) is 64.7 Å². The van der Waals surface area contributed by atoms with E-state index in [-0.39, 0.29) is 17.9 Å². The van der Waals surface area contributed by atoms with E-state index in [1.807, 2.05) is 5.01 Å². The number of nitrogens with zero attached hydrogens (tertiary/aromatic N) is 2. The van der Waals surface area contributed by atoms with Gasteiger partial charge in [0.1, 0.15) is 11.5 Å². The molecule has 0 aliphatic carbocycles. The molecule has 0 spiro atoms. The van der Waals surface area contributed by atoms with Gasteiger partial charge in [0.05, 0.1) is 0 Å². The smallest absolute Gasteiger partial charge is 0.248 e. The Hall–Kier alpha value is -2.10. The first-order valence-corrected chi connectivity index (χ1v) is 18.0. The van der Waals surface area contributed by atoms with Crippen molar-refractivity contribution in [3.63, 3.8) is 0 Å². The number of piperidine rings is 1. The highest BCUT2D eigenvalue weighted by molar-refractivity contribution is 6.77. The lowest BCUT2D eigenvalue weighted by Gasteiger charge is -2.47. The van der Waals surface area contributed by atoms with Crippen molar-refractivity contribution in [2.24, 2.45) is 11.7 Å². The third-order valence-electron chi connectivity index (χ3n) is 9.07. The Kier molecular flexibility index (Phi) is 10.7. The lowest BCUT2D eigenvalue weighted by Crippen LogP contribution is -2.54. The third kappa shape index (κ3) is 6.99. The Labute approximate surface area is 261 Å². The van der Waals surface area contributed by atoms with E-state index in [0.29, 0.717) is 56.7 Å². The molecule has 10 heteroatoms. The summed E-state index contributed by atoms with van der Waals surface area (Å²) >= 11 is 13.3. The molecule has 2 heterocycles. The van der Waals surface area contributed by atoms with Crippen molar-refractivity contribution in [3.05, 3.63) is 57.6 Å². The molecule has 0 unspecified atom stereocenters. The van der Waals surface area contributed by atoms with Crippen molar-refractivity contribution >= 4 is 43.3 Å². The van der Waals surface area contributed by atoms with Crippen LogP contribution in [0, 0.1) is 5.92 Å². The molecule has 2 aromatic carbocycles. The molecule has 2 N–H and O–H groups in total. The minimum absolute atomic E-state index is 0.131. The van der Waals surface area contributed by atoms with Crippen molar-refractivity contribution in [2.75, 3.05) is 19.6 Å². The number of carbonyl (C=O) groups excluding carboxylic acids is 2. The fraction of sp³-hybridized carbons (Fsp3) is 0.562. The maximum absolute atomic E-state index is 13.5. The van der Waals surface area contributed by atoms with Crippen LogP contribution in [-0.4, -0.2) is 55.9 Å². The molecule has 0 aromatic heterocycles. The minimum Gasteiger partial charge on any atom is -0.457 e. The Balaban J connectivity index is 1.35. The van der Waals surface area contributed by atoms with Gasteiger partial charge >= 0.3 is 0 Å². The van der Waals surface area contributed by atoms with E-state index < -0.39 is 14.2 Å². The molecule has 2 saturated heterocycles. The van der Waals surface area contributed by atoms with Gasteiger partial charge in [0.2, 0.25) is 20.1 Å². The van der Waals surface area contributed by atoms with E-state index in [9.17, 15) is 9.59 Å². The molecule has 0 bridgehead atoms. The Morgan fingerprint density at radius 2 is 1.45 bits per heavy atom. The lowest BCUT2D eigenvalue weighted by atomic mass is 9.98. The lowest BCUT2D eigenvalue weighted by molar-refractivity contribution is -0.149. The summed E-state index contributed by atoms with van der Waals surface area (Å²) in [7, 11) is -1.93. The molecular weight excluding hydrogens is 589 g/mol. The molecule has 2 aliphatic heterocycles. The highest BCUT2D eigenvalue weighted by atomic mass is 35.5. The van der Waals surface area contributed by atoms with Gasteiger partial charge in [-0.05, 0) is 84.3 Å². The second kappa shape index (κ2) is 13.7. The van der Waals surface area contributed by atoms with Crippen LogP contribution in [0.3, 0.4) is 0 Å². The van der Waals surface area contributed by atoms with E-state index in [2.05, 4.69) is 46.6 Å². The number of rotatable bonds is 11. The number of hydrogen-bond donors (Lipinski definition) is 1. The molecule has 0 saturated carbocycles. The molecule has 2 amide bonds. The van der Waals surface area contributed by atoms with Crippen LogP contribution < -0.4 is 10.5 Å². The average Bonchev–Trinajstić information content (AvgIpc) is 3.29. The summed E-state index contributed by atoms with van der Waals surface area (Å²) in [5.74, 6) is 0.459. The molecule has 7 nitrogen and oxygen atoms in total. The molecule has 2 aromatic rings. The van der Waals surface area contributed by atoms with Crippen LogP contribution in [0.2, 0.25) is 26.7 Å². The molecule has 2 aliphatic rings. The van der Waals surface area contributed by atoms with Gasteiger partial charge in [-0.2, -0.15) is 0 Å². The van der Waals surface area contributed by atoms with Crippen molar-refractivity contribution in [1.82, 2.24) is 10.0 Å². The second-order valence-electron chi connectivity index (χ2n) is 12.6. The number of carbonyl (C=O) groups is 2. The highest BCUT2D eigenvalue weighted by Crippen LogP contribution is 2.44.